The number of anilines is 1. The molecular weight excluding hydrogens is 434 g/mol. The summed E-state index contributed by atoms with van der Waals surface area (Å²) in [4.78, 5) is 29.5. The number of aromatic amines is 1. The molecule has 0 aliphatic carbocycles. The van der Waals surface area contributed by atoms with Gasteiger partial charge in [-0.15, -0.1) is 5.10 Å². The first-order valence-electron chi connectivity index (χ1n) is 10.6. The average molecular weight is 458 g/mol. The van der Waals surface area contributed by atoms with Crippen molar-refractivity contribution in [2.45, 2.75) is 31.8 Å². The van der Waals surface area contributed by atoms with Crippen molar-refractivity contribution in [1.29, 1.82) is 0 Å². The molecule has 0 fully saturated rings. The Labute approximate surface area is 194 Å². The van der Waals surface area contributed by atoms with E-state index in [2.05, 4.69) is 30.4 Å². The highest BCUT2D eigenvalue weighted by Crippen LogP contribution is 2.23. The lowest BCUT2D eigenvalue weighted by Gasteiger charge is -2.10. The van der Waals surface area contributed by atoms with E-state index in [0.29, 0.717) is 23.8 Å². The normalized spacial score (nSPS) is 11.4. The van der Waals surface area contributed by atoms with Gasteiger partial charge in [0.05, 0.1) is 11.0 Å². The molecule has 0 aliphatic heterocycles. The molecule has 0 saturated heterocycles. The number of aromatic nitrogens is 6. The minimum Gasteiger partial charge on any atom is -0.338 e. The van der Waals surface area contributed by atoms with Crippen molar-refractivity contribution in [3.8, 4) is 11.4 Å². The molecule has 0 unspecified atom stereocenters. The molecule has 8 nitrogen and oxygen atoms in total. The smallest absolute Gasteiger partial charge is 0.253 e. The van der Waals surface area contributed by atoms with Gasteiger partial charge in [0.2, 0.25) is 11.1 Å². The number of nitrogens with one attached hydrogen (secondary N) is 2. The number of amides is 1. The van der Waals surface area contributed by atoms with Crippen LogP contribution in [-0.4, -0.2) is 41.7 Å². The molecular formula is C24H23N7OS. The molecule has 9 heteroatoms. The van der Waals surface area contributed by atoms with Crippen LogP contribution in [0, 0.1) is 13.8 Å². The zero-order valence-corrected chi connectivity index (χ0v) is 19.4. The molecule has 166 valence electrons. The molecule has 0 spiro atoms. The molecule has 0 saturated carbocycles. The van der Waals surface area contributed by atoms with E-state index in [1.54, 1.807) is 4.52 Å². The third-order valence-electron chi connectivity index (χ3n) is 5.65. The van der Waals surface area contributed by atoms with Gasteiger partial charge in [-0.1, -0.05) is 23.9 Å². The van der Waals surface area contributed by atoms with Crippen LogP contribution in [0.5, 0.6) is 0 Å². The van der Waals surface area contributed by atoms with E-state index in [4.69, 9.17) is 0 Å². The lowest BCUT2D eigenvalue weighted by molar-refractivity contribution is -0.116. The largest absolute Gasteiger partial charge is 0.338 e. The zero-order chi connectivity index (χ0) is 22.9. The van der Waals surface area contributed by atoms with Gasteiger partial charge in [0, 0.05) is 29.1 Å². The van der Waals surface area contributed by atoms with E-state index in [1.165, 1.54) is 11.8 Å². The van der Waals surface area contributed by atoms with Crippen LogP contribution in [0.1, 0.15) is 23.4 Å². The van der Waals surface area contributed by atoms with E-state index in [1.807, 2.05) is 68.6 Å². The molecule has 33 heavy (non-hydrogen) atoms. The number of hydrogen-bond acceptors (Lipinski definition) is 6. The molecule has 0 aliphatic rings. The van der Waals surface area contributed by atoms with Crippen LogP contribution in [0.4, 0.5) is 5.69 Å². The van der Waals surface area contributed by atoms with E-state index in [0.717, 1.165) is 45.1 Å². The number of imidazole rings is 1. The molecule has 0 radical (unpaired) electrons. The van der Waals surface area contributed by atoms with Gasteiger partial charge in [-0.3, -0.25) is 4.79 Å². The van der Waals surface area contributed by atoms with Crippen LogP contribution >= 0.6 is 11.8 Å². The van der Waals surface area contributed by atoms with Crippen LogP contribution in [0.25, 0.3) is 28.2 Å². The van der Waals surface area contributed by atoms with Crippen LogP contribution in [-0.2, 0) is 11.2 Å². The van der Waals surface area contributed by atoms with Gasteiger partial charge in [0.25, 0.3) is 5.78 Å². The SMILES string of the molecule is CSc1nc2nc(C)c(CCC(=O)Nc3ccc(-c4nc5ccccc5[nH]4)cc3)c(C)n2n1. The maximum atomic E-state index is 12.6. The van der Waals surface area contributed by atoms with Gasteiger partial charge < -0.3 is 10.3 Å². The van der Waals surface area contributed by atoms with E-state index >= 15 is 0 Å². The van der Waals surface area contributed by atoms with Gasteiger partial charge in [-0.05, 0) is 68.5 Å². The Bertz CT molecular complexity index is 1440. The Morgan fingerprint density at radius 3 is 2.61 bits per heavy atom. The Hall–Kier alpha value is -3.72. The van der Waals surface area contributed by atoms with Crippen LogP contribution in [0.3, 0.4) is 0 Å². The lowest BCUT2D eigenvalue weighted by Crippen LogP contribution is -2.14. The molecule has 3 heterocycles. The fourth-order valence-corrected chi connectivity index (χ4v) is 4.24. The monoisotopic (exact) mass is 457 g/mol. The second kappa shape index (κ2) is 8.67. The Kier molecular flexibility index (Phi) is 5.55. The average Bonchev–Trinajstić information content (AvgIpc) is 3.43. The van der Waals surface area contributed by atoms with Crippen LogP contribution in [0.15, 0.2) is 53.7 Å². The summed E-state index contributed by atoms with van der Waals surface area (Å²) in [5.74, 6) is 1.35. The summed E-state index contributed by atoms with van der Waals surface area (Å²) < 4.78 is 1.75. The third-order valence-corrected chi connectivity index (χ3v) is 6.18. The van der Waals surface area contributed by atoms with E-state index in [-0.39, 0.29) is 5.91 Å². The summed E-state index contributed by atoms with van der Waals surface area (Å²) in [6.07, 6.45) is 2.87. The highest BCUT2D eigenvalue weighted by molar-refractivity contribution is 7.98. The lowest BCUT2D eigenvalue weighted by atomic mass is 10.1. The van der Waals surface area contributed by atoms with E-state index in [9.17, 15) is 4.79 Å². The summed E-state index contributed by atoms with van der Waals surface area (Å²) in [7, 11) is 0. The standard InChI is InChI=1S/C24H23N7OS/c1-14-18(15(2)31-23(25-14)29-24(30-31)33-3)12-13-21(32)26-17-10-8-16(9-11-17)22-27-19-6-4-5-7-20(19)28-22/h4-11H,12-13H2,1-3H3,(H,26,32)(H,27,28). The topological polar surface area (TPSA) is 101 Å². The number of para-hydroxylation sites is 2. The van der Waals surface area contributed by atoms with Gasteiger partial charge in [-0.2, -0.15) is 4.98 Å². The van der Waals surface area contributed by atoms with Crippen molar-refractivity contribution in [1.82, 2.24) is 29.5 Å². The highest BCUT2D eigenvalue weighted by Gasteiger charge is 2.14. The number of hydrogen-bond donors (Lipinski definition) is 2. The van der Waals surface area contributed by atoms with Crippen LogP contribution < -0.4 is 5.32 Å². The van der Waals surface area contributed by atoms with Gasteiger partial charge in [-0.25, -0.2) is 14.5 Å². The fourth-order valence-electron chi connectivity index (χ4n) is 3.90. The number of rotatable bonds is 6. The summed E-state index contributed by atoms with van der Waals surface area (Å²) in [5.41, 5.74) is 6.51. The van der Waals surface area contributed by atoms with E-state index < -0.39 is 0 Å². The van der Waals surface area contributed by atoms with Gasteiger partial charge in [0.15, 0.2) is 0 Å². The van der Waals surface area contributed by atoms with Crippen molar-refractivity contribution in [2.24, 2.45) is 0 Å². The Morgan fingerprint density at radius 2 is 1.85 bits per heavy atom. The number of nitrogens with zero attached hydrogens (tertiary/aromatic N) is 5. The minimum atomic E-state index is -0.0474. The zero-order valence-electron chi connectivity index (χ0n) is 18.6. The number of H-pyrrole nitrogens is 1. The number of fused-ring (bicyclic) bond motifs is 2. The summed E-state index contributed by atoms with van der Waals surface area (Å²) >= 11 is 1.48. The minimum absolute atomic E-state index is 0.0474. The maximum Gasteiger partial charge on any atom is 0.253 e. The molecule has 1 amide bonds. The fraction of sp³-hybridized carbons (Fsp3) is 0.208. The molecule has 2 aromatic carbocycles. The highest BCUT2D eigenvalue weighted by atomic mass is 32.2. The van der Waals surface area contributed by atoms with Crippen molar-refractivity contribution in [3.63, 3.8) is 0 Å². The Morgan fingerprint density at radius 1 is 1.06 bits per heavy atom. The number of carbonyl (C=O) groups excluding carboxylic acids is 1. The second-order valence-corrected chi connectivity index (χ2v) is 8.57. The molecule has 0 bridgehead atoms. The van der Waals surface area contributed by atoms with Crippen molar-refractivity contribution in [2.75, 3.05) is 11.6 Å². The van der Waals surface area contributed by atoms with Crippen LogP contribution in [0.2, 0.25) is 0 Å². The first kappa shape index (κ1) is 21.1. The van der Waals surface area contributed by atoms with Crippen molar-refractivity contribution < 1.29 is 4.79 Å². The summed E-state index contributed by atoms with van der Waals surface area (Å²) in [5, 5.41) is 8.14. The number of aryl methyl sites for hydroxylation is 2. The second-order valence-electron chi connectivity index (χ2n) is 7.80. The van der Waals surface area contributed by atoms with Gasteiger partial charge >= 0.3 is 0 Å². The maximum absolute atomic E-state index is 12.6. The summed E-state index contributed by atoms with van der Waals surface area (Å²) in [6.45, 7) is 3.94. The molecule has 5 aromatic rings. The quantitative estimate of drug-likeness (QED) is 0.362. The third kappa shape index (κ3) is 4.19. The van der Waals surface area contributed by atoms with Crippen molar-refractivity contribution >= 4 is 40.2 Å². The predicted molar refractivity (Wildman–Crippen MR) is 131 cm³/mol. The molecule has 3 aromatic heterocycles. The number of thioether (sulfide) groups is 1. The molecule has 2 N–H and O–H groups in total. The first-order chi connectivity index (χ1) is 16.0. The van der Waals surface area contributed by atoms with Crippen molar-refractivity contribution in [3.05, 3.63) is 65.5 Å². The number of carbonyl (C=O) groups is 1. The first-order valence-corrected chi connectivity index (χ1v) is 11.9. The Balaban J connectivity index is 1.26. The number of benzene rings is 2. The molecule has 5 rings (SSSR count). The van der Waals surface area contributed by atoms with Gasteiger partial charge in [0.1, 0.15) is 5.82 Å². The molecule has 0 atom stereocenters. The predicted octanol–water partition coefficient (Wildman–Crippen LogP) is 4.58. The summed E-state index contributed by atoms with van der Waals surface area (Å²) in [6, 6.07) is 15.6.